The van der Waals surface area contributed by atoms with Crippen molar-refractivity contribution in [2.45, 2.75) is 53.1 Å². The highest BCUT2D eigenvalue weighted by Crippen LogP contribution is 2.34. The first-order valence-corrected chi connectivity index (χ1v) is 10.1. The minimum absolute atomic E-state index is 0.109. The number of hydrogen-bond acceptors (Lipinski definition) is 5. The number of nitrogens with one attached hydrogen (secondary N) is 1. The summed E-state index contributed by atoms with van der Waals surface area (Å²) in [5, 5.41) is 3.10. The highest BCUT2D eigenvalue weighted by Gasteiger charge is 2.21. The molecule has 0 bridgehead atoms. The van der Waals surface area contributed by atoms with Gasteiger partial charge in [-0.3, -0.25) is 9.36 Å². The number of rotatable bonds is 6. The lowest BCUT2D eigenvalue weighted by molar-refractivity contribution is -0.122. The molecule has 0 fully saturated rings. The first-order valence-electron chi connectivity index (χ1n) is 10.1. The Hall–Kier alpha value is -2.83. The van der Waals surface area contributed by atoms with E-state index in [-0.39, 0.29) is 30.0 Å². The number of amides is 1. The van der Waals surface area contributed by atoms with Gasteiger partial charge in [-0.2, -0.15) is 4.98 Å². The Balaban J connectivity index is 1.70. The van der Waals surface area contributed by atoms with Gasteiger partial charge in [0, 0.05) is 30.8 Å². The third-order valence-electron chi connectivity index (χ3n) is 5.02. The summed E-state index contributed by atoms with van der Waals surface area (Å²) in [5.74, 6) is 1.53. The summed E-state index contributed by atoms with van der Waals surface area (Å²) >= 11 is 0. The molecule has 2 aromatic rings. The van der Waals surface area contributed by atoms with Crippen LogP contribution < -0.4 is 20.5 Å². The van der Waals surface area contributed by atoms with Gasteiger partial charge in [0.15, 0.2) is 11.5 Å². The third-order valence-corrected chi connectivity index (χ3v) is 5.02. The van der Waals surface area contributed by atoms with Crippen LogP contribution in [0.1, 0.15) is 49.7 Å². The van der Waals surface area contributed by atoms with E-state index in [0.29, 0.717) is 31.2 Å². The minimum Gasteiger partial charge on any atom is -0.490 e. The maximum Gasteiger partial charge on any atom is 0.347 e. The summed E-state index contributed by atoms with van der Waals surface area (Å²) in [5.41, 5.74) is 2.14. The summed E-state index contributed by atoms with van der Waals surface area (Å²) in [6, 6.07) is 7.50. The van der Waals surface area contributed by atoms with E-state index in [1.54, 1.807) is 6.92 Å². The van der Waals surface area contributed by atoms with Crippen molar-refractivity contribution in [3.8, 4) is 11.5 Å². The first kappa shape index (κ1) is 20.9. The Kier molecular flexibility index (Phi) is 6.56. The van der Waals surface area contributed by atoms with E-state index in [4.69, 9.17) is 9.47 Å². The molecule has 156 valence electrons. The van der Waals surface area contributed by atoms with E-state index in [1.807, 2.05) is 31.2 Å². The SMILES string of the molecule is Cc1cc(C)n(CCC(=O)N[C@H](c2ccc3c(c2)OCCCO3)C(C)C)c(=O)n1. The Morgan fingerprint density at radius 3 is 2.59 bits per heavy atom. The number of carbonyl (C=O) groups excluding carboxylic acids is 1. The Morgan fingerprint density at radius 2 is 1.90 bits per heavy atom. The van der Waals surface area contributed by atoms with Gasteiger partial charge in [-0.05, 0) is 43.5 Å². The summed E-state index contributed by atoms with van der Waals surface area (Å²) in [6.07, 6.45) is 1.06. The van der Waals surface area contributed by atoms with Crippen LogP contribution in [-0.4, -0.2) is 28.7 Å². The van der Waals surface area contributed by atoms with Gasteiger partial charge in [-0.1, -0.05) is 19.9 Å². The second kappa shape index (κ2) is 9.11. The van der Waals surface area contributed by atoms with Crippen LogP contribution in [0.4, 0.5) is 0 Å². The van der Waals surface area contributed by atoms with Crippen molar-refractivity contribution >= 4 is 5.91 Å². The van der Waals surface area contributed by atoms with Crippen molar-refractivity contribution in [2.75, 3.05) is 13.2 Å². The van der Waals surface area contributed by atoms with Crippen LogP contribution in [0, 0.1) is 19.8 Å². The predicted molar refractivity (Wildman–Crippen MR) is 110 cm³/mol. The van der Waals surface area contributed by atoms with Crippen molar-refractivity contribution in [1.82, 2.24) is 14.9 Å². The summed E-state index contributed by atoms with van der Waals surface area (Å²) < 4.78 is 13.0. The van der Waals surface area contributed by atoms with Crippen molar-refractivity contribution in [3.05, 3.63) is 51.7 Å². The molecule has 1 aliphatic heterocycles. The van der Waals surface area contributed by atoms with Crippen LogP contribution in [-0.2, 0) is 11.3 Å². The smallest absolute Gasteiger partial charge is 0.347 e. The largest absolute Gasteiger partial charge is 0.490 e. The summed E-state index contributed by atoms with van der Waals surface area (Å²) in [6.45, 7) is 9.32. The van der Waals surface area contributed by atoms with Crippen molar-refractivity contribution < 1.29 is 14.3 Å². The number of nitrogens with zero attached hydrogens (tertiary/aromatic N) is 2. The monoisotopic (exact) mass is 399 g/mol. The molecule has 0 saturated heterocycles. The van der Waals surface area contributed by atoms with Crippen molar-refractivity contribution in [2.24, 2.45) is 5.92 Å². The molecule has 1 amide bonds. The molecule has 0 aliphatic carbocycles. The van der Waals surface area contributed by atoms with Gasteiger partial charge in [0.05, 0.1) is 19.3 Å². The van der Waals surface area contributed by atoms with E-state index >= 15 is 0 Å². The molecule has 1 aliphatic rings. The first-order chi connectivity index (χ1) is 13.8. The lowest BCUT2D eigenvalue weighted by atomic mass is 9.95. The molecule has 1 aromatic carbocycles. The molecule has 3 rings (SSSR count). The topological polar surface area (TPSA) is 82.5 Å². The quantitative estimate of drug-likeness (QED) is 0.808. The molecule has 7 heteroatoms. The zero-order chi connectivity index (χ0) is 21.0. The molecular weight excluding hydrogens is 370 g/mol. The van der Waals surface area contributed by atoms with Gasteiger partial charge < -0.3 is 14.8 Å². The average molecular weight is 399 g/mol. The second-order valence-electron chi connectivity index (χ2n) is 7.77. The third kappa shape index (κ3) is 5.16. The van der Waals surface area contributed by atoms with Gasteiger partial charge in [0.1, 0.15) is 0 Å². The van der Waals surface area contributed by atoms with E-state index in [9.17, 15) is 9.59 Å². The molecule has 0 saturated carbocycles. The molecular formula is C22H29N3O4. The summed E-state index contributed by atoms with van der Waals surface area (Å²) in [4.78, 5) is 28.7. The van der Waals surface area contributed by atoms with Crippen LogP contribution in [0.5, 0.6) is 11.5 Å². The van der Waals surface area contributed by atoms with Gasteiger partial charge in [0.25, 0.3) is 0 Å². The van der Waals surface area contributed by atoms with E-state index in [2.05, 4.69) is 24.1 Å². The van der Waals surface area contributed by atoms with Crippen LogP contribution in [0.3, 0.4) is 0 Å². The molecule has 0 radical (unpaired) electrons. The van der Waals surface area contributed by atoms with Crippen molar-refractivity contribution in [3.63, 3.8) is 0 Å². The molecule has 1 N–H and O–H groups in total. The van der Waals surface area contributed by atoms with Gasteiger partial charge in [-0.25, -0.2) is 4.79 Å². The van der Waals surface area contributed by atoms with Gasteiger partial charge in [0.2, 0.25) is 5.91 Å². The zero-order valence-corrected chi connectivity index (χ0v) is 17.5. The second-order valence-corrected chi connectivity index (χ2v) is 7.77. The number of aryl methyl sites for hydroxylation is 2. The maximum atomic E-state index is 12.6. The summed E-state index contributed by atoms with van der Waals surface area (Å²) in [7, 11) is 0. The van der Waals surface area contributed by atoms with Crippen LogP contribution >= 0.6 is 0 Å². The molecule has 1 atom stereocenters. The lowest BCUT2D eigenvalue weighted by Gasteiger charge is -2.24. The number of carbonyl (C=O) groups is 1. The van der Waals surface area contributed by atoms with Crippen LogP contribution in [0.25, 0.3) is 0 Å². The van der Waals surface area contributed by atoms with Crippen LogP contribution in [0.15, 0.2) is 29.1 Å². The predicted octanol–water partition coefficient (Wildman–Crippen LogP) is 2.93. The number of aromatic nitrogens is 2. The van der Waals surface area contributed by atoms with Gasteiger partial charge >= 0.3 is 5.69 Å². The average Bonchev–Trinajstić information content (AvgIpc) is 2.89. The Morgan fingerprint density at radius 1 is 1.17 bits per heavy atom. The molecule has 29 heavy (non-hydrogen) atoms. The number of fused-ring (bicyclic) bond motifs is 1. The lowest BCUT2D eigenvalue weighted by Crippen LogP contribution is -2.34. The fourth-order valence-electron chi connectivity index (χ4n) is 3.51. The van der Waals surface area contributed by atoms with Crippen molar-refractivity contribution in [1.29, 1.82) is 0 Å². The van der Waals surface area contributed by atoms with E-state index < -0.39 is 0 Å². The molecule has 0 spiro atoms. The standard InChI is InChI=1S/C22H29N3O4/c1-14(2)21(17-6-7-18-19(13-17)29-11-5-10-28-18)24-20(26)8-9-25-16(4)12-15(3)23-22(25)27/h6-7,12-14,21H,5,8-11H2,1-4H3,(H,24,26)/t21-/m0/s1. The fourth-order valence-corrected chi connectivity index (χ4v) is 3.51. The highest BCUT2D eigenvalue weighted by molar-refractivity contribution is 5.76. The molecule has 1 aromatic heterocycles. The maximum absolute atomic E-state index is 12.6. The van der Waals surface area contributed by atoms with E-state index in [1.165, 1.54) is 4.57 Å². The molecule has 0 unspecified atom stereocenters. The van der Waals surface area contributed by atoms with Gasteiger partial charge in [-0.15, -0.1) is 0 Å². The van der Waals surface area contributed by atoms with Crippen LogP contribution in [0.2, 0.25) is 0 Å². The normalized spacial score (nSPS) is 14.4. The minimum atomic E-state index is -0.321. The zero-order valence-electron chi connectivity index (χ0n) is 17.5. The molecule has 7 nitrogen and oxygen atoms in total. The molecule has 2 heterocycles. The van der Waals surface area contributed by atoms with E-state index in [0.717, 1.165) is 23.4 Å². The number of hydrogen-bond donors (Lipinski definition) is 1. The number of benzene rings is 1. The highest BCUT2D eigenvalue weighted by atomic mass is 16.5. The Bertz CT molecular complexity index is 936. The fraction of sp³-hybridized carbons (Fsp3) is 0.500. The Labute approximate surface area is 171 Å². The number of ether oxygens (including phenoxy) is 2.